The number of carbonyl (C=O) groups is 6. The number of H-pyrrole nitrogens is 2. The largest absolute Gasteiger partial charge is 0.434 e. The van der Waals surface area contributed by atoms with Crippen molar-refractivity contribution in [2.24, 2.45) is 0 Å². The SMILES string of the molecule is CC(=O)c1ccc2n[nH]nc2c1.CC(=O)c1cnc2ccccc2c1.CC(=O)c1nc2ccccc2[nH]1.CC(=O)c1nc2ccccc2o1.CC(=O)c1nc2ccccc2s1.CC(=O)c1noc2ccccc12. The molecule has 12 aromatic rings. The molecule has 0 atom stereocenters. The van der Waals surface area contributed by atoms with E-state index in [9.17, 15) is 28.8 Å². The summed E-state index contributed by atoms with van der Waals surface area (Å²) in [6.07, 6.45) is 1.62. The van der Waals surface area contributed by atoms with Gasteiger partial charge in [0.2, 0.25) is 5.78 Å². The zero-order chi connectivity index (χ0) is 52.0. The second kappa shape index (κ2) is 23.8. The van der Waals surface area contributed by atoms with Gasteiger partial charge in [-0.25, -0.2) is 15.0 Å². The van der Waals surface area contributed by atoms with Gasteiger partial charge in [-0.2, -0.15) is 15.4 Å². The molecule has 0 fully saturated rings. The third-order valence-corrected chi connectivity index (χ3v) is 11.5. The molecule has 17 nitrogen and oxygen atoms in total. The monoisotopic (exact) mass is 991 g/mol. The fourth-order valence-corrected chi connectivity index (χ4v) is 7.49. The van der Waals surface area contributed by atoms with E-state index in [1.54, 1.807) is 43.5 Å². The smallest absolute Gasteiger partial charge is 0.263 e. The highest BCUT2D eigenvalue weighted by Crippen LogP contribution is 2.22. The molecule has 0 aliphatic carbocycles. The van der Waals surface area contributed by atoms with Crippen molar-refractivity contribution in [1.82, 2.24) is 45.5 Å². The highest BCUT2D eigenvalue weighted by Gasteiger charge is 2.11. The molecule has 364 valence electrons. The van der Waals surface area contributed by atoms with Crippen LogP contribution in [0.5, 0.6) is 0 Å². The van der Waals surface area contributed by atoms with Gasteiger partial charge < -0.3 is 13.9 Å². The quantitative estimate of drug-likeness (QED) is 0.147. The second-order valence-corrected chi connectivity index (χ2v) is 16.9. The van der Waals surface area contributed by atoms with Gasteiger partial charge in [0.1, 0.15) is 16.6 Å². The van der Waals surface area contributed by atoms with Crippen LogP contribution in [0.2, 0.25) is 0 Å². The summed E-state index contributed by atoms with van der Waals surface area (Å²) in [7, 11) is 0. The predicted octanol–water partition coefficient (Wildman–Crippen LogP) is 11.9. The molecule has 0 spiro atoms. The third-order valence-electron chi connectivity index (χ3n) is 10.3. The molecule has 0 radical (unpaired) electrons. The van der Waals surface area contributed by atoms with Gasteiger partial charge in [-0.15, -0.1) is 11.3 Å². The van der Waals surface area contributed by atoms with Crippen molar-refractivity contribution in [1.29, 1.82) is 0 Å². The molecule has 6 heterocycles. The van der Waals surface area contributed by atoms with Crippen molar-refractivity contribution in [2.75, 3.05) is 0 Å². The van der Waals surface area contributed by atoms with E-state index in [0.29, 0.717) is 38.8 Å². The van der Waals surface area contributed by atoms with E-state index in [-0.39, 0.29) is 40.6 Å². The lowest BCUT2D eigenvalue weighted by molar-refractivity contribution is 0.0978. The molecular weight excluding hydrogens is 947 g/mol. The number of pyridine rings is 1. The highest BCUT2D eigenvalue weighted by atomic mass is 32.1. The number of thiazole rings is 1. The van der Waals surface area contributed by atoms with Crippen molar-refractivity contribution in [3.8, 4) is 0 Å². The summed E-state index contributed by atoms with van der Waals surface area (Å²) < 4.78 is 11.2. The molecule has 0 aliphatic heterocycles. The van der Waals surface area contributed by atoms with Crippen molar-refractivity contribution >= 4 is 111 Å². The van der Waals surface area contributed by atoms with Crippen LogP contribution in [0.15, 0.2) is 161 Å². The lowest BCUT2D eigenvalue weighted by Gasteiger charge is -1.98. The van der Waals surface area contributed by atoms with E-state index in [1.165, 1.54) is 46.0 Å². The van der Waals surface area contributed by atoms with Crippen LogP contribution in [-0.4, -0.2) is 80.2 Å². The lowest BCUT2D eigenvalue weighted by Crippen LogP contribution is -1.93. The Morgan fingerprint density at radius 3 is 1.78 bits per heavy atom. The number of nitrogens with zero attached hydrogens (tertiary/aromatic N) is 7. The van der Waals surface area contributed by atoms with E-state index in [2.05, 4.69) is 45.5 Å². The van der Waals surface area contributed by atoms with Crippen molar-refractivity contribution < 1.29 is 37.7 Å². The van der Waals surface area contributed by atoms with E-state index in [1.807, 2.05) is 115 Å². The fourth-order valence-electron chi connectivity index (χ4n) is 6.63. The first kappa shape index (κ1) is 51.3. The van der Waals surface area contributed by atoms with Gasteiger partial charge in [0.15, 0.2) is 56.6 Å². The maximum absolute atomic E-state index is 11.0. The number of aromatic amines is 2. The zero-order valence-electron chi connectivity index (χ0n) is 40.2. The van der Waals surface area contributed by atoms with Gasteiger partial charge in [-0.3, -0.25) is 33.8 Å². The van der Waals surface area contributed by atoms with E-state index >= 15 is 0 Å². The Balaban J connectivity index is 0.000000128. The number of rotatable bonds is 6. The molecule has 18 heteroatoms. The number of hydrogen-bond acceptors (Lipinski definition) is 16. The molecule has 0 amide bonds. The summed E-state index contributed by atoms with van der Waals surface area (Å²) in [4.78, 5) is 85.1. The Kier molecular flexibility index (Phi) is 16.8. The Morgan fingerprint density at radius 1 is 0.493 bits per heavy atom. The molecule has 0 bridgehead atoms. The van der Waals surface area contributed by atoms with Gasteiger partial charge in [0, 0.05) is 50.4 Å². The molecule has 2 N–H and O–H groups in total. The predicted molar refractivity (Wildman–Crippen MR) is 279 cm³/mol. The maximum atomic E-state index is 11.0. The van der Waals surface area contributed by atoms with Crippen LogP contribution in [0.25, 0.3) is 65.3 Å². The number of hydrogen-bond donors (Lipinski definition) is 2. The van der Waals surface area contributed by atoms with Crippen molar-refractivity contribution in [3.05, 3.63) is 185 Å². The molecule has 6 aromatic carbocycles. The average molecular weight is 992 g/mol. The minimum absolute atomic E-state index is 0.0359. The molecule has 0 saturated carbocycles. The van der Waals surface area contributed by atoms with Crippen LogP contribution < -0.4 is 0 Å². The van der Waals surface area contributed by atoms with Crippen LogP contribution in [0.4, 0.5) is 0 Å². The molecule has 0 unspecified atom stereocenters. The molecule has 0 saturated heterocycles. The Labute approximate surface area is 419 Å². The van der Waals surface area contributed by atoms with Gasteiger partial charge in [0.05, 0.1) is 32.2 Å². The number of imidazole rings is 1. The second-order valence-electron chi connectivity index (χ2n) is 15.9. The standard InChI is InChI=1S/C11H9NO.C9H8N2O.2C9H7NO2.C9H7NOS.C8H7N3O/c1-8(13)10-6-9-4-2-3-5-11(9)12-7-10;1-6(12)9-10-7-4-2-3-5-8(7)11-9;1-6(11)9-10-7-4-2-3-5-8(7)12-9;1-6(11)9-7-4-2-3-5-8(7)12-10-9;1-6(11)9-10-7-4-2-3-5-8(7)12-9;1-5(12)6-2-3-7-8(4-6)10-11-9-7/h2-7H,1H3;2-5H,1H3,(H,10,11);3*2-5H,1H3;2-4H,1H3,(H,9,10,11). The van der Waals surface area contributed by atoms with Gasteiger partial charge in [-0.05, 0) is 92.7 Å². The third kappa shape index (κ3) is 13.4. The van der Waals surface area contributed by atoms with Crippen LogP contribution in [0, 0.1) is 0 Å². The molecular formula is C55H45N9O8S. The normalized spacial score (nSPS) is 10.4. The number of Topliss-reactive ketones (excluding diaryl/α,β-unsaturated/α-hetero) is 6. The first-order valence-corrected chi connectivity index (χ1v) is 23.2. The fraction of sp³-hybridized carbons (Fsp3) is 0.109. The van der Waals surface area contributed by atoms with Crippen LogP contribution in [0.3, 0.4) is 0 Å². The molecule has 0 aliphatic rings. The number of fused-ring (bicyclic) bond motifs is 6. The lowest BCUT2D eigenvalue weighted by atomic mass is 10.1. The van der Waals surface area contributed by atoms with Crippen molar-refractivity contribution in [2.45, 2.75) is 41.5 Å². The minimum atomic E-state index is -0.147. The van der Waals surface area contributed by atoms with Crippen molar-refractivity contribution in [3.63, 3.8) is 0 Å². The van der Waals surface area contributed by atoms with Gasteiger partial charge >= 0.3 is 0 Å². The topological polar surface area (TPSA) is 251 Å². The Morgan fingerprint density at radius 2 is 1.12 bits per heavy atom. The first-order chi connectivity index (χ1) is 35.1. The van der Waals surface area contributed by atoms with Gasteiger partial charge in [-0.1, -0.05) is 71.9 Å². The van der Waals surface area contributed by atoms with Crippen LogP contribution >= 0.6 is 11.3 Å². The van der Waals surface area contributed by atoms with Crippen LogP contribution in [0.1, 0.15) is 104 Å². The average Bonchev–Trinajstić information content (AvgIpc) is 4.26. The number of aromatic nitrogens is 9. The number of oxazole rings is 1. The van der Waals surface area contributed by atoms with Crippen LogP contribution in [-0.2, 0) is 0 Å². The number of para-hydroxylation sites is 7. The highest BCUT2D eigenvalue weighted by molar-refractivity contribution is 7.20. The summed E-state index contributed by atoms with van der Waals surface area (Å²) in [5, 5.41) is 16.3. The Bertz CT molecular complexity index is 3610. The minimum Gasteiger partial charge on any atom is -0.434 e. The summed E-state index contributed by atoms with van der Waals surface area (Å²) in [5.41, 5.74) is 8.85. The summed E-state index contributed by atoms with van der Waals surface area (Å²) in [5.74, 6) is 0.485. The first-order valence-electron chi connectivity index (χ1n) is 22.4. The molecule has 12 rings (SSSR count). The number of carbonyl (C=O) groups excluding carboxylic acids is 6. The summed E-state index contributed by atoms with van der Waals surface area (Å²) in [6, 6.07) is 44.8. The zero-order valence-corrected chi connectivity index (χ0v) is 41.1. The van der Waals surface area contributed by atoms with E-state index in [0.717, 1.165) is 54.1 Å². The maximum Gasteiger partial charge on any atom is 0.263 e. The number of ketones is 6. The molecule has 6 aromatic heterocycles. The Hall–Kier alpha value is -9.55. The van der Waals surface area contributed by atoms with Gasteiger partial charge in [0.25, 0.3) is 5.89 Å². The van der Waals surface area contributed by atoms with E-state index in [4.69, 9.17) is 8.94 Å². The number of benzene rings is 6. The van der Waals surface area contributed by atoms with E-state index < -0.39 is 0 Å². The number of nitrogens with one attached hydrogen (secondary N) is 2. The molecule has 73 heavy (non-hydrogen) atoms. The summed E-state index contributed by atoms with van der Waals surface area (Å²) in [6.45, 7) is 9.03. The summed E-state index contributed by atoms with van der Waals surface area (Å²) >= 11 is 1.44.